The number of anilines is 1. The summed E-state index contributed by atoms with van der Waals surface area (Å²) in [5.41, 5.74) is 2.02. The smallest absolute Gasteiger partial charge is 0.384 e. The Morgan fingerprint density at radius 3 is 3.00 bits per heavy atom. The number of nitrogens with one attached hydrogen (secondary N) is 1. The van der Waals surface area contributed by atoms with E-state index in [9.17, 15) is 10.0 Å². The highest BCUT2D eigenvalue weighted by molar-refractivity contribution is 5.86. The lowest BCUT2D eigenvalue weighted by Gasteiger charge is -2.16. The van der Waals surface area contributed by atoms with E-state index in [-0.39, 0.29) is 11.7 Å². The van der Waals surface area contributed by atoms with Gasteiger partial charge in [0.15, 0.2) is 5.65 Å². The molecule has 1 unspecified atom stereocenters. The van der Waals surface area contributed by atoms with Crippen LogP contribution in [0.25, 0.3) is 11.0 Å². The van der Waals surface area contributed by atoms with E-state index in [1.165, 1.54) is 17.3 Å². The van der Waals surface area contributed by atoms with Crippen LogP contribution in [0.2, 0.25) is 0 Å². The topological polar surface area (TPSA) is 80.0 Å². The van der Waals surface area contributed by atoms with E-state index in [2.05, 4.69) is 27.4 Å². The van der Waals surface area contributed by atoms with Crippen LogP contribution in [0.15, 0.2) is 47.4 Å². The second-order valence-corrected chi connectivity index (χ2v) is 5.36. The van der Waals surface area contributed by atoms with Crippen molar-refractivity contribution in [1.29, 1.82) is 0 Å². The molecule has 2 aromatic heterocycles. The standard InChI is InChI=1S/C16H14N4O2/c21-16-19-14(12-6-3-9-17-15(12)20(16)22)18-13-8-7-10-4-1-2-5-11(10)13/h1-6,9,13,22H,7-8H2,(H,18,19,21). The van der Waals surface area contributed by atoms with Gasteiger partial charge in [0, 0.05) is 6.20 Å². The Morgan fingerprint density at radius 2 is 2.09 bits per heavy atom. The molecule has 1 aliphatic carbocycles. The van der Waals surface area contributed by atoms with Crippen LogP contribution in [0, 0.1) is 0 Å². The first-order chi connectivity index (χ1) is 10.7. The molecular formula is C16H14N4O2. The van der Waals surface area contributed by atoms with Crippen LogP contribution in [-0.2, 0) is 6.42 Å². The minimum absolute atomic E-state index is 0.112. The minimum Gasteiger partial charge on any atom is -0.422 e. The molecule has 6 heteroatoms. The van der Waals surface area contributed by atoms with E-state index < -0.39 is 5.69 Å². The molecule has 0 amide bonds. The molecule has 22 heavy (non-hydrogen) atoms. The molecule has 0 spiro atoms. The molecule has 4 rings (SSSR count). The van der Waals surface area contributed by atoms with Gasteiger partial charge < -0.3 is 10.5 Å². The number of hydrogen-bond donors (Lipinski definition) is 2. The van der Waals surface area contributed by atoms with Gasteiger partial charge in [-0.25, -0.2) is 9.78 Å². The van der Waals surface area contributed by atoms with E-state index in [1.54, 1.807) is 12.1 Å². The van der Waals surface area contributed by atoms with Gasteiger partial charge in [0.25, 0.3) is 0 Å². The number of aryl methyl sites for hydroxylation is 1. The molecule has 0 bridgehead atoms. The Kier molecular flexibility index (Phi) is 2.82. The second kappa shape index (κ2) is 4.84. The number of aromatic nitrogens is 3. The van der Waals surface area contributed by atoms with Gasteiger partial charge in [-0.2, -0.15) is 4.98 Å². The first kappa shape index (κ1) is 12.8. The van der Waals surface area contributed by atoms with Crippen LogP contribution < -0.4 is 11.0 Å². The zero-order valence-electron chi connectivity index (χ0n) is 11.7. The minimum atomic E-state index is -0.736. The average molecular weight is 294 g/mol. The molecule has 0 radical (unpaired) electrons. The van der Waals surface area contributed by atoms with Crippen LogP contribution in [0.5, 0.6) is 0 Å². The number of rotatable bonds is 2. The molecule has 2 N–H and O–H groups in total. The fourth-order valence-electron chi connectivity index (χ4n) is 3.03. The summed E-state index contributed by atoms with van der Waals surface area (Å²) in [5, 5.41) is 13.7. The maximum Gasteiger partial charge on any atom is 0.384 e. The summed E-state index contributed by atoms with van der Waals surface area (Å²) >= 11 is 0. The van der Waals surface area contributed by atoms with Gasteiger partial charge in [-0.05, 0) is 36.1 Å². The van der Waals surface area contributed by atoms with Crippen molar-refractivity contribution in [2.75, 3.05) is 5.32 Å². The molecule has 2 heterocycles. The SMILES string of the molecule is O=c1nc(NC2CCc3ccccc32)c2cccnc2n1O. The zero-order valence-corrected chi connectivity index (χ0v) is 11.7. The van der Waals surface area contributed by atoms with Crippen molar-refractivity contribution < 1.29 is 5.21 Å². The Balaban J connectivity index is 1.80. The third-order valence-electron chi connectivity index (χ3n) is 4.07. The summed E-state index contributed by atoms with van der Waals surface area (Å²) in [5.74, 6) is 0.458. The third kappa shape index (κ3) is 1.92. The van der Waals surface area contributed by atoms with Gasteiger partial charge in [0.2, 0.25) is 0 Å². The van der Waals surface area contributed by atoms with Gasteiger partial charge in [-0.1, -0.05) is 24.3 Å². The summed E-state index contributed by atoms with van der Waals surface area (Å²) in [6.45, 7) is 0. The molecule has 0 saturated heterocycles. The van der Waals surface area contributed by atoms with Crippen molar-refractivity contribution in [3.05, 3.63) is 64.2 Å². The normalized spacial score (nSPS) is 16.6. The largest absolute Gasteiger partial charge is 0.422 e. The van der Waals surface area contributed by atoms with E-state index in [0.29, 0.717) is 15.9 Å². The number of nitrogens with zero attached hydrogens (tertiary/aromatic N) is 3. The Bertz CT molecular complexity index is 919. The van der Waals surface area contributed by atoms with Crippen molar-refractivity contribution in [3.63, 3.8) is 0 Å². The van der Waals surface area contributed by atoms with Crippen LogP contribution in [0.4, 0.5) is 5.82 Å². The van der Waals surface area contributed by atoms with Crippen LogP contribution in [0.3, 0.4) is 0 Å². The fourth-order valence-corrected chi connectivity index (χ4v) is 3.03. The van der Waals surface area contributed by atoms with Gasteiger partial charge in [0.05, 0.1) is 11.4 Å². The molecule has 3 aromatic rings. The second-order valence-electron chi connectivity index (χ2n) is 5.36. The fraction of sp³-hybridized carbons (Fsp3) is 0.188. The quantitative estimate of drug-likeness (QED) is 0.708. The van der Waals surface area contributed by atoms with Gasteiger partial charge >= 0.3 is 5.69 Å². The third-order valence-corrected chi connectivity index (χ3v) is 4.07. The van der Waals surface area contributed by atoms with Crippen molar-refractivity contribution in [3.8, 4) is 0 Å². The molecule has 110 valence electrons. The van der Waals surface area contributed by atoms with E-state index in [4.69, 9.17) is 0 Å². The monoisotopic (exact) mass is 294 g/mol. The first-order valence-electron chi connectivity index (χ1n) is 7.15. The molecule has 1 aliphatic rings. The number of pyridine rings is 1. The van der Waals surface area contributed by atoms with E-state index >= 15 is 0 Å². The molecule has 0 saturated carbocycles. The van der Waals surface area contributed by atoms with Crippen LogP contribution in [0.1, 0.15) is 23.6 Å². The summed E-state index contributed by atoms with van der Waals surface area (Å²) in [7, 11) is 0. The molecule has 1 aromatic carbocycles. The maximum atomic E-state index is 11.8. The van der Waals surface area contributed by atoms with Crippen LogP contribution in [-0.4, -0.2) is 19.9 Å². The Morgan fingerprint density at radius 1 is 1.23 bits per heavy atom. The molecule has 6 nitrogen and oxygen atoms in total. The van der Waals surface area contributed by atoms with Crippen molar-refractivity contribution in [1.82, 2.24) is 14.7 Å². The van der Waals surface area contributed by atoms with Gasteiger partial charge in [-0.3, -0.25) is 0 Å². The van der Waals surface area contributed by atoms with Gasteiger partial charge in [-0.15, -0.1) is 4.73 Å². The molecule has 0 fully saturated rings. The lowest BCUT2D eigenvalue weighted by atomic mass is 10.1. The first-order valence-corrected chi connectivity index (χ1v) is 7.15. The maximum absolute atomic E-state index is 11.8. The lowest BCUT2D eigenvalue weighted by molar-refractivity contribution is 0.182. The number of benzene rings is 1. The zero-order chi connectivity index (χ0) is 15.1. The summed E-state index contributed by atoms with van der Waals surface area (Å²) < 4.78 is 0.475. The van der Waals surface area contributed by atoms with Crippen molar-refractivity contribution >= 4 is 16.9 Å². The lowest BCUT2D eigenvalue weighted by Crippen LogP contribution is -2.24. The van der Waals surface area contributed by atoms with Gasteiger partial charge in [0.1, 0.15) is 5.82 Å². The molecular weight excluding hydrogens is 280 g/mol. The number of fused-ring (bicyclic) bond motifs is 2. The average Bonchev–Trinajstić information content (AvgIpc) is 2.96. The predicted octanol–water partition coefficient (Wildman–Crippen LogP) is 2.13. The van der Waals surface area contributed by atoms with E-state index in [0.717, 1.165) is 12.8 Å². The highest BCUT2D eigenvalue weighted by Crippen LogP contribution is 2.34. The highest BCUT2D eigenvalue weighted by atomic mass is 16.5. The summed E-state index contributed by atoms with van der Waals surface area (Å²) in [4.78, 5) is 19.8. The summed E-state index contributed by atoms with van der Waals surface area (Å²) in [6.07, 6.45) is 3.48. The van der Waals surface area contributed by atoms with E-state index in [1.807, 2.05) is 12.1 Å². The Labute approximate surface area is 126 Å². The van der Waals surface area contributed by atoms with Crippen molar-refractivity contribution in [2.24, 2.45) is 0 Å². The van der Waals surface area contributed by atoms with Crippen molar-refractivity contribution in [2.45, 2.75) is 18.9 Å². The predicted molar refractivity (Wildman–Crippen MR) is 82.1 cm³/mol. The van der Waals surface area contributed by atoms with Crippen LogP contribution >= 0.6 is 0 Å². The molecule has 1 atom stereocenters. The number of hydrogen-bond acceptors (Lipinski definition) is 5. The highest BCUT2D eigenvalue weighted by Gasteiger charge is 2.23. The molecule has 0 aliphatic heterocycles. The Hall–Kier alpha value is -2.89. The summed E-state index contributed by atoms with van der Waals surface area (Å²) in [6, 6.07) is 11.9.